The first kappa shape index (κ1) is 17.5. The summed E-state index contributed by atoms with van der Waals surface area (Å²) in [4.78, 5) is 27.3. The Kier molecular flexibility index (Phi) is 6.87. The normalized spacial score (nSPS) is 26.9. The Hall–Kier alpha value is -0.900. The molecule has 0 spiro atoms. The number of carbonyl (C=O) groups excluding carboxylic acids is 2. The molecule has 4 heteroatoms. The Balaban J connectivity index is 0.00000264. The summed E-state index contributed by atoms with van der Waals surface area (Å²) in [5.74, 6) is 0.270. The fourth-order valence-corrected chi connectivity index (χ4v) is 3.86. The zero-order valence-corrected chi connectivity index (χ0v) is 14.3. The average Bonchev–Trinajstić information content (AvgIpc) is 2.55. The van der Waals surface area contributed by atoms with E-state index >= 15 is 0 Å². The van der Waals surface area contributed by atoms with Gasteiger partial charge in [-0.05, 0) is 38.8 Å². The Morgan fingerprint density at radius 3 is 2.32 bits per heavy atom. The minimum atomic E-state index is -0.0926. The Labute approximate surface area is 136 Å². The lowest BCUT2D eigenvalue weighted by Crippen LogP contribution is -2.43. The van der Waals surface area contributed by atoms with Crippen LogP contribution in [0.3, 0.4) is 0 Å². The maximum Gasteiger partial charge on any atom is 0.223 e. The second-order valence-electron chi connectivity index (χ2n) is 7.25. The molecule has 2 aliphatic rings. The summed E-state index contributed by atoms with van der Waals surface area (Å²) in [6.07, 6.45) is 7.82. The summed E-state index contributed by atoms with van der Waals surface area (Å²) in [7, 11) is 0. The first-order valence-electron chi connectivity index (χ1n) is 9.13. The smallest absolute Gasteiger partial charge is 0.223 e. The maximum atomic E-state index is 12.5. The SMILES string of the molecule is CC(C)C(=O)C1CCCCC1C(=O)NCCN1CCCCC1.[HH]. The molecular formula is C18H34N2O2. The van der Waals surface area contributed by atoms with E-state index in [1.807, 2.05) is 13.8 Å². The first-order valence-corrected chi connectivity index (χ1v) is 9.13. The van der Waals surface area contributed by atoms with E-state index in [-0.39, 0.29) is 30.9 Å². The minimum Gasteiger partial charge on any atom is -0.355 e. The van der Waals surface area contributed by atoms with Crippen LogP contribution >= 0.6 is 0 Å². The molecule has 4 nitrogen and oxygen atoms in total. The summed E-state index contributed by atoms with van der Waals surface area (Å²) >= 11 is 0. The summed E-state index contributed by atoms with van der Waals surface area (Å²) in [5, 5.41) is 3.09. The highest BCUT2D eigenvalue weighted by Crippen LogP contribution is 2.32. The van der Waals surface area contributed by atoms with Gasteiger partial charge in [-0.15, -0.1) is 0 Å². The van der Waals surface area contributed by atoms with Crippen molar-refractivity contribution < 1.29 is 11.0 Å². The molecule has 0 aromatic rings. The third kappa shape index (κ3) is 4.80. The van der Waals surface area contributed by atoms with Crippen LogP contribution in [0.15, 0.2) is 0 Å². The number of hydrogen-bond donors (Lipinski definition) is 1. The molecule has 2 rings (SSSR count). The van der Waals surface area contributed by atoms with Crippen LogP contribution in [0.1, 0.15) is 60.2 Å². The van der Waals surface area contributed by atoms with Crippen molar-refractivity contribution >= 4 is 11.7 Å². The number of rotatable bonds is 6. The van der Waals surface area contributed by atoms with Gasteiger partial charge < -0.3 is 10.2 Å². The molecule has 1 amide bonds. The number of Topliss-reactive ketones (excluding diaryl/α,β-unsaturated/α-hetero) is 1. The molecule has 0 radical (unpaired) electrons. The summed E-state index contributed by atoms with van der Waals surface area (Å²) in [6.45, 7) is 7.88. The van der Waals surface area contributed by atoms with Crippen LogP contribution in [-0.2, 0) is 9.59 Å². The van der Waals surface area contributed by atoms with Gasteiger partial charge in [-0.2, -0.15) is 0 Å². The molecule has 0 bridgehead atoms. The van der Waals surface area contributed by atoms with Gasteiger partial charge in [-0.25, -0.2) is 0 Å². The highest BCUT2D eigenvalue weighted by Gasteiger charge is 2.36. The van der Waals surface area contributed by atoms with Crippen molar-refractivity contribution in [3.05, 3.63) is 0 Å². The molecular weight excluding hydrogens is 276 g/mol. The van der Waals surface area contributed by atoms with Gasteiger partial charge in [0.15, 0.2) is 0 Å². The van der Waals surface area contributed by atoms with Gasteiger partial charge in [0.05, 0.1) is 0 Å². The van der Waals surface area contributed by atoms with Crippen molar-refractivity contribution in [3.63, 3.8) is 0 Å². The zero-order chi connectivity index (χ0) is 15.9. The largest absolute Gasteiger partial charge is 0.355 e. The van der Waals surface area contributed by atoms with Crippen molar-refractivity contribution in [2.45, 2.75) is 58.8 Å². The molecule has 1 heterocycles. The molecule has 0 aromatic carbocycles. The van der Waals surface area contributed by atoms with Crippen LogP contribution in [0.2, 0.25) is 0 Å². The predicted molar refractivity (Wildman–Crippen MR) is 90.7 cm³/mol. The monoisotopic (exact) mass is 310 g/mol. The number of hydrogen-bond acceptors (Lipinski definition) is 3. The highest BCUT2D eigenvalue weighted by molar-refractivity contribution is 5.89. The Bertz CT molecular complexity index is 381. The second-order valence-corrected chi connectivity index (χ2v) is 7.25. The molecule has 1 aliphatic carbocycles. The average molecular weight is 310 g/mol. The number of likely N-dealkylation sites (tertiary alicyclic amines) is 1. The van der Waals surface area contributed by atoms with E-state index in [0.29, 0.717) is 0 Å². The molecule has 1 aliphatic heterocycles. The van der Waals surface area contributed by atoms with Gasteiger partial charge in [0.1, 0.15) is 5.78 Å². The van der Waals surface area contributed by atoms with Crippen LogP contribution in [0.5, 0.6) is 0 Å². The van der Waals surface area contributed by atoms with Gasteiger partial charge in [-0.3, -0.25) is 9.59 Å². The zero-order valence-electron chi connectivity index (χ0n) is 14.3. The maximum absolute atomic E-state index is 12.5. The molecule has 2 unspecified atom stereocenters. The van der Waals surface area contributed by atoms with E-state index in [1.54, 1.807) is 0 Å². The molecule has 1 saturated heterocycles. The third-order valence-electron chi connectivity index (χ3n) is 5.21. The number of piperidine rings is 1. The standard InChI is InChI=1S/C18H32N2O2.H2/c1-14(2)17(21)15-8-4-5-9-16(15)18(22)19-10-13-20-11-6-3-7-12-20;/h14-16H,3-13H2,1-2H3,(H,19,22);1H. The van der Waals surface area contributed by atoms with E-state index in [9.17, 15) is 9.59 Å². The number of nitrogens with zero attached hydrogens (tertiary/aromatic N) is 1. The molecule has 128 valence electrons. The quantitative estimate of drug-likeness (QED) is 0.820. The molecule has 1 N–H and O–H groups in total. The van der Waals surface area contributed by atoms with Crippen molar-refractivity contribution in [2.24, 2.45) is 17.8 Å². The van der Waals surface area contributed by atoms with Crippen molar-refractivity contribution in [1.82, 2.24) is 10.2 Å². The number of nitrogens with one attached hydrogen (secondary N) is 1. The van der Waals surface area contributed by atoms with E-state index < -0.39 is 0 Å². The number of ketones is 1. The van der Waals surface area contributed by atoms with Gasteiger partial charge in [0.2, 0.25) is 5.91 Å². The lowest BCUT2D eigenvalue weighted by Gasteiger charge is -2.31. The Morgan fingerprint density at radius 1 is 1.05 bits per heavy atom. The van der Waals surface area contributed by atoms with Crippen LogP contribution in [0.4, 0.5) is 0 Å². The van der Waals surface area contributed by atoms with E-state index in [4.69, 9.17) is 0 Å². The molecule has 2 atom stereocenters. The van der Waals surface area contributed by atoms with Crippen molar-refractivity contribution in [3.8, 4) is 0 Å². The fourth-order valence-electron chi connectivity index (χ4n) is 3.86. The highest BCUT2D eigenvalue weighted by atomic mass is 16.2. The van der Waals surface area contributed by atoms with Gasteiger partial charge in [0.25, 0.3) is 0 Å². The van der Waals surface area contributed by atoms with Crippen LogP contribution in [0.25, 0.3) is 0 Å². The summed E-state index contributed by atoms with van der Waals surface area (Å²) in [5.41, 5.74) is 0. The molecule has 1 saturated carbocycles. The van der Waals surface area contributed by atoms with Crippen molar-refractivity contribution in [2.75, 3.05) is 26.2 Å². The number of carbonyl (C=O) groups is 2. The molecule has 0 aromatic heterocycles. The number of amides is 1. The van der Waals surface area contributed by atoms with Crippen LogP contribution in [0, 0.1) is 17.8 Å². The van der Waals surface area contributed by atoms with Crippen LogP contribution in [-0.4, -0.2) is 42.8 Å². The molecule has 22 heavy (non-hydrogen) atoms. The lowest BCUT2D eigenvalue weighted by molar-refractivity contribution is -0.137. The molecule has 2 fully saturated rings. The van der Waals surface area contributed by atoms with Gasteiger partial charge >= 0.3 is 0 Å². The third-order valence-corrected chi connectivity index (χ3v) is 5.21. The van der Waals surface area contributed by atoms with Gasteiger partial charge in [0, 0.05) is 32.3 Å². The topological polar surface area (TPSA) is 49.4 Å². The first-order chi connectivity index (χ1) is 10.6. The van der Waals surface area contributed by atoms with Gasteiger partial charge in [-0.1, -0.05) is 33.1 Å². The Morgan fingerprint density at radius 2 is 1.68 bits per heavy atom. The predicted octanol–water partition coefficient (Wildman–Crippen LogP) is 2.87. The second kappa shape index (κ2) is 8.66. The minimum absolute atomic E-state index is 0. The fraction of sp³-hybridized carbons (Fsp3) is 0.889. The van der Waals surface area contributed by atoms with E-state index in [2.05, 4.69) is 10.2 Å². The van der Waals surface area contributed by atoms with E-state index in [1.165, 1.54) is 19.3 Å². The lowest BCUT2D eigenvalue weighted by atomic mass is 9.74. The summed E-state index contributed by atoms with van der Waals surface area (Å²) in [6, 6.07) is 0. The van der Waals surface area contributed by atoms with E-state index in [0.717, 1.165) is 51.9 Å². The summed E-state index contributed by atoms with van der Waals surface area (Å²) < 4.78 is 0. The van der Waals surface area contributed by atoms with Crippen molar-refractivity contribution in [1.29, 1.82) is 0 Å². The van der Waals surface area contributed by atoms with Crippen LogP contribution < -0.4 is 5.32 Å².